The molecule has 0 unspecified atom stereocenters. The number of hydrogen-bond donors (Lipinski definition) is 1. The van der Waals surface area contributed by atoms with E-state index in [1.807, 2.05) is 0 Å². The Bertz CT molecular complexity index is 224. The van der Waals surface area contributed by atoms with Crippen LogP contribution >= 0.6 is 0 Å². The van der Waals surface area contributed by atoms with Gasteiger partial charge in [-0.3, -0.25) is 4.90 Å². The van der Waals surface area contributed by atoms with E-state index in [1.165, 1.54) is 0 Å². The second-order valence-electron chi connectivity index (χ2n) is 4.41. The molecule has 0 aromatic carbocycles. The second kappa shape index (κ2) is 6.62. The topological polar surface area (TPSA) is 40.5 Å². The maximum absolute atomic E-state index is 10.6. The van der Waals surface area contributed by atoms with E-state index in [2.05, 4.69) is 32.6 Å². The highest BCUT2D eigenvalue weighted by Crippen LogP contribution is 2.07. The minimum atomic E-state index is -0.823. The SMILES string of the molecule is C/C(=C\CCN(C(C)C)C(C)C)C(=O)O. The first-order valence-electron chi connectivity index (χ1n) is 5.52. The van der Waals surface area contributed by atoms with Crippen LogP contribution in [0.15, 0.2) is 11.6 Å². The molecule has 0 saturated heterocycles. The molecule has 15 heavy (non-hydrogen) atoms. The van der Waals surface area contributed by atoms with Crippen LogP contribution < -0.4 is 0 Å². The monoisotopic (exact) mass is 213 g/mol. The second-order valence-corrected chi connectivity index (χ2v) is 4.41. The normalized spacial score (nSPS) is 12.9. The van der Waals surface area contributed by atoms with Crippen LogP contribution in [0.3, 0.4) is 0 Å². The minimum absolute atomic E-state index is 0.433. The van der Waals surface area contributed by atoms with E-state index in [1.54, 1.807) is 13.0 Å². The van der Waals surface area contributed by atoms with Gasteiger partial charge < -0.3 is 5.11 Å². The summed E-state index contributed by atoms with van der Waals surface area (Å²) in [4.78, 5) is 12.9. The largest absolute Gasteiger partial charge is 0.478 e. The molecule has 0 aromatic heterocycles. The first-order chi connectivity index (χ1) is 6.86. The van der Waals surface area contributed by atoms with E-state index in [9.17, 15) is 4.79 Å². The Balaban J connectivity index is 4.12. The molecule has 0 aliphatic heterocycles. The molecular formula is C12H23NO2. The molecule has 0 saturated carbocycles. The van der Waals surface area contributed by atoms with Crippen molar-refractivity contribution in [3.63, 3.8) is 0 Å². The van der Waals surface area contributed by atoms with Crippen LogP contribution in [0.1, 0.15) is 41.0 Å². The van der Waals surface area contributed by atoms with Gasteiger partial charge in [0, 0.05) is 24.2 Å². The van der Waals surface area contributed by atoms with Gasteiger partial charge in [-0.25, -0.2) is 4.79 Å². The van der Waals surface area contributed by atoms with Crippen LogP contribution in [0.25, 0.3) is 0 Å². The average Bonchev–Trinajstić information content (AvgIpc) is 2.10. The number of aliphatic carboxylic acids is 1. The zero-order valence-corrected chi connectivity index (χ0v) is 10.4. The fourth-order valence-corrected chi connectivity index (χ4v) is 1.63. The van der Waals surface area contributed by atoms with Gasteiger partial charge in [0.15, 0.2) is 0 Å². The van der Waals surface area contributed by atoms with Crippen LogP contribution in [0.5, 0.6) is 0 Å². The molecule has 0 spiro atoms. The molecule has 88 valence electrons. The number of rotatable bonds is 6. The lowest BCUT2D eigenvalue weighted by Crippen LogP contribution is -2.37. The van der Waals surface area contributed by atoms with Crippen molar-refractivity contribution in [1.82, 2.24) is 4.90 Å². The maximum atomic E-state index is 10.6. The zero-order chi connectivity index (χ0) is 12.0. The Morgan fingerprint density at radius 3 is 2.07 bits per heavy atom. The average molecular weight is 213 g/mol. The Morgan fingerprint density at radius 1 is 1.27 bits per heavy atom. The summed E-state index contributed by atoms with van der Waals surface area (Å²) < 4.78 is 0. The van der Waals surface area contributed by atoms with Gasteiger partial charge in [0.05, 0.1) is 0 Å². The van der Waals surface area contributed by atoms with Crippen molar-refractivity contribution in [3.05, 3.63) is 11.6 Å². The molecule has 0 bridgehead atoms. The third-order valence-corrected chi connectivity index (χ3v) is 2.50. The van der Waals surface area contributed by atoms with Crippen molar-refractivity contribution in [2.24, 2.45) is 0 Å². The molecule has 3 nitrogen and oxygen atoms in total. The number of carboxylic acid groups (broad SMARTS) is 1. The molecule has 0 atom stereocenters. The smallest absolute Gasteiger partial charge is 0.330 e. The molecule has 1 N–H and O–H groups in total. The Hall–Kier alpha value is -0.830. The summed E-state index contributed by atoms with van der Waals surface area (Å²) in [6, 6.07) is 1.01. The van der Waals surface area contributed by atoms with Crippen LogP contribution in [-0.4, -0.2) is 34.6 Å². The van der Waals surface area contributed by atoms with Gasteiger partial charge in [-0.05, 0) is 41.0 Å². The first kappa shape index (κ1) is 14.2. The Morgan fingerprint density at radius 2 is 1.73 bits per heavy atom. The zero-order valence-electron chi connectivity index (χ0n) is 10.4. The molecule has 0 radical (unpaired) electrons. The molecule has 0 amide bonds. The summed E-state index contributed by atoms with van der Waals surface area (Å²) in [7, 11) is 0. The van der Waals surface area contributed by atoms with Crippen molar-refractivity contribution in [1.29, 1.82) is 0 Å². The van der Waals surface area contributed by atoms with Gasteiger partial charge in [0.1, 0.15) is 0 Å². The molecule has 3 heteroatoms. The van der Waals surface area contributed by atoms with Gasteiger partial charge in [0.2, 0.25) is 0 Å². The van der Waals surface area contributed by atoms with E-state index < -0.39 is 5.97 Å². The summed E-state index contributed by atoms with van der Waals surface area (Å²) >= 11 is 0. The van der Waals surface area contributed by atoms with E-state index in [4.69, 9.17) is 5.11 Å². The first-order valence-corrected chi connectivity index (χ1v) is 5.52. The quantitative estimate of drug-likeness (QED) is 0.689. The van der Waals surface area contributed by atoms with Crippen molar-refractivity contribution in [2.75, 3.05) is 6.54 Å². The molecule has 0 aliphatic carbocycles. The van der Waals surface area contributed by atoms with Crippen LogP contribution in [-0.2, 0) is 4.79 Å². The lowest BCUT2D eigenvalue weighted by Gasteiger charge is -2.30. The summed E-state index contributed by atoms with van der Waals surface area (Å²) in [5, 5.41) is 8.68. The number of carbonyl (C=O) groups is 1. The predicted octanol–water partition coefficient (Wildman–Crippen LogP) is 2.53. The fourth-order valence-electron chi connectivity index (χ4n) is 1.63. The lowest BCUT2D eigenvalue weighted by molar-refractivity contribution is -0.132. The molecule has 0 aliphatic rings. The van der Waals surface area contributed by atoms with Gasteiger partial charge in [-0.15, -0.1) is 0 Å². The molecule has 0 fully saturated rings. The third kappa shape index (κ3) is 5.57. The Labute approximate surface area is 92.8 Å². The highest BCUT2D eigenvalue weighted by Gasteiger charge is 2.11. The van der Waals surface area contributed by atoms with Crippen LogP contribution in [0, 0.1) is 0 Å². The van der Waals surface area contributed by atoms with Crippen molar-refractivity contribution >= 4 is 5.97 Å². The van der Waals surface area contributed by atoms with Crippen molar-refractivity contribution < 1.29 is 9.90 Å². The van der Waals surface area contributed by atoms with Crippen LogP contribution in [0.4, 0.5) is 0 Å². The summed E-state index contributed by atoms with van der Waals surface area (Å²) in [5.41, 5.74) is 0.433. The Kier molecular flexibility index (Phi) is 6.25. The maximum Gasteiger partial charge on any atom is 0.330 e. The standard InChI is InChI=1S/C12H23NO2/c1-9(2)13(10(3)4)8-6-7-11(5)12(14)15/h7,9-10H,6,8H2,1-5H3,(H,14,15)/b11-7+. The van der Waals surface area contributed by atoms with Gasteiger partial charge in [-0.2, -0.15) is 0 Å². The van der Waals surface area contributed by atoms with E-state index in [-0.39, 0.29) is 0 Å². The van der Waals surface area contributed by atoms with E-state index in [0.29, 0.717) is 17.7 Å². The summed E-state index contributed by atoms with van der Waals surface area (Å²) in [6.07, 6.45) is 2.59. The predicted molar refractivity (Wildman–Crippen MR) is 63.0 cm³/mol. The number of carboxylic acids is 1. The summed E-state index contributed by atoms with van der Waals surface area (Å²) in [6.45, 7) is 11.2. The highest BCUT2D eigenvalue weighted by atomic mass is 16.4. The molecule has 0 rings (SSSR count). The molecule has 0 heterocycles. The summed E-state index contributed by atoms with van der Waals surface area (Å²) in [5.74, 6) is -0.823. The number of nitrogens with zero attached hydrogens (tertiary/aromatic N) is 1. The minimum Gasteiger partial charge on any atom is -0.478 e. The van der Waals surface area contributed by atoms with Crippen molar-refractivity contribution in [2.45, 2.75) is 53.1 Å². The van der Waals surface area contributed by atoms with Crippen LogP contribution in [0.2, 0.25) is 0 Å². The molecular weight excluding hydrogens is 190 g/mol. The number of hydrogen-bond acceptors (Lipinski definition) is 2. The lowest BCUT2D eigenvalue weighted by atomic mass is 10.2. The van der Waals surface area contributed by atoms with Gasteiger partial charge in [-0.1, -0.05) is 6.08 Å². The fraction of sp³-hybridized carbons (Fsp3) is 0.750. The molecule has 0 aromatic rings. The van der Waals surface area contributed by atoms with Gasteiger partial charge in [0.25, 0.3) is 0 Å². The van der Waals surface area contributed by atoms with E-state index in [0.717, 1.165) is 13.0 Å². The third-order valence-electron chi connectivity index (χ3n) is 2.50. The van der Waals surface area contributed by atoms with E-state index >= 15 is 0 Å². The van der Waals surface area contributed by atoms with Gasteiger partial charge >= 0.3 is 5.97 Å². The van der Waals surface area contributed by atoms with Crippen molar-refractivity contribution in [3.8, 4) is 0 Å². The highest BCUT2D eigenvalue weighted by molar-refractivity contribution is 5.85.